The van der Waals surface area contributed by atoms with Crippen molar-refractivity contribution in [2.45, 2.75) is 79.1 Å². The number of nitrogens with one attached hydrogen (secondary N) is 1. The topological polar surface area (TPSA) is 101 Å². The van der Waals surface area contributed by atoms with Gasteiger partial charge in [0.25, 0.3) is 5.91 Å². The van der Waals surface area contributed by atoms with Crippen LogP contribution in [0.25, 0.3) is 0 Å². The highest BCUT2D eigenvalue weighted by atomic mass is 19.4. The largest absolute Gasteiger partial charge is 0.444 e. The molecule has 0 aliphatic carbocycles. The lowest BCUT2D eigenvalue weighted by atomic mass is 10.2. The van der Waals surface area contributed by atoms with Crippen molar-refractivity contribution in [3.8, 4) is 11.6 Å². The van der Waals surface area contributed by atoms with E-state index in [4.69, 9.17) is 9.47 Å². The Labute approximate surface area is 226 Å². The molecule has 1 aliphatic rings. The van der Waals surface area contributed by atoms with E-state index in [1.165, 1.54) is 30.3 Å². The van der Waals surface area contributed by atoms with Gasteiger partial charge in [0.2, 0.25) is 5.88 Å². The van der Waals surface area contributed by atoms with Gasteiger partial charge in [-0.15, -0.1) is 0 Å². The first-order valence-corrected chi connectivity index (χ1v) is 12.7. The molecule has 1 aromatic heterocycles. The standard InChI is InChI=1S/C23H25F4N3O5.2C2H6/c1-22(2,3)35-21(33)28-10-13-7-18(23(25,26)27)29-19(8-13)34-15-6-4-5-14(9-15)20(32)30-11-16(24)17(31)12-30;2*1-2/h4-9,16-17,31H,10-12H2,1-3H3,(H,28,33);2*1-2H3. The van der Waals surface area contributed by atoms with Crippen LogP contribution in [0.5, 0.6) is 11.6 Å². The van der Waals surface area contributed by atoms with Crippen molar-refractivity contribution in [3.05, 3.63) is 53.2 Å². The first kappa shape index (κ1) is 33.6. The lowest BCUT2D eigenvalue weighted by Gasteiger charge is -2.20. The molecule has 0 saturated carbocycles. The molecule has 0 radical (unpaired) electrons. The number of hydrogen-bond acceptors (Lipinski definition) is 6. The zero-order valence-corrected chi connectivity index (χ0v) is 23.2. The monoisotopic (exact) mass is 559 g/mol. The molecule has 1 fully saturated rings. The summed E-state index contributed by atoms with van der Waals surface area (Å²) >= 11 is 0. The van der Waals surface area contributed by atoms with Gasteiger partial charge in [-0.05, 0) is 50.6 Å². The van der Waals surface area contributed by atoms with Gasteiger partial charge in [-0.25, -0.2) is 14.2 Å². The van der Waals surface area contributed by atoms with Crippen LogP contribution in [-0.4, -0.2) is 58.0 Å². The number of aliphatic hydroxyl groups is 1. The third-order valence-corrected chi connectivity index (χ3v) is 4.80. The lowest BCUT2D eigenvalue weighted by molar-refractivity contribution is -0.141. The van der Waals surface area contributed by atoms with Crippen LogP contribution in [0.15, 0.2) is 36.4 Å². The van der Waals surface area contributed by atoms with Crippen molar-refractivity contribution in [3.63, 3.8) is 0 Å². The highest BCUT2D eigenvalue weighted by molar-refractivity contribution is 5.94. The average Bonchev–Trinajstić information content (AvgIpc) is 3.21. The Balaban J connectivity index is 0.00000181. The number of pyridine rings is 1. The molecule has 218 valence electrons. The molecule has 1 aromatic carbocycles. The maximum Gasteiger partial charge on any atom is 0.433 e. The summed E-state index contributed by atoms with van der Waals surface area (Å²) in [6.07, 6.45) is -8.42. The fraction of sp³-hybridized carbons (Fsp3) is 0.519. The Morgan fingerprint density at radius 2 is 1.72 bits per heavy atom. The maximum absolute atomic E-state index is 13.6. The number of β-amino-alcohol motifs (C(OH)–C–C–N with tert-alkyl or cyclic N) is 1. The first-order chi connectivity index (χ1) is 18.2. The summed E-state index contributed by atoms with van der Waals surface area (Å²) in [5.74, 6) is -0.954. The quantitative estimate of drug-likeness (QED) is 0.428. The van der Waals surface area contributed by atoms with E-state index < -0.39 is 47.6 Å². The molecule has 1 aliphatic heterocycles. The van der Waals surface area contributed by atoms with Gasteiger partial charge >= 0.3 is 12.3 Å². The molecule has 2 unspecified atom stereocenters. The lowest BCUT2D eigenvalue weighted by Crippen LogP contribution is -2.32. The van der Waals surface area contributed by atoms with Crippen LogP contribution in [0.3, 0.4) is 0 Å². The van der Waals surface area contributed by atoms with Crippen LogP contribution in [-0.2, 0) is 17.5 Å². The summed E-state index contributed by atoms with van der Waals surface area (Å²) in [5, 5.41) is 11.9. The Morgan fingerprint density at radius 3 is 2.26 bits per heavy atom. The van der Waals surface area contributed by atoms with Crippen molar-refractivity contribution in [1.29, 1.82) is 0 Å². The Kier molecular flexibility index (Phi) is 12.6. The minimum Gasteiger partial charge on any atom is -0.444 e. The third kappa shape index (κ3) is 10.7. The molecule has 8 nitrogen and oxygen atoms in total. The predicted molar refractivity (Wildman–Crippen MR) is 138 cm³/mol. The number of benzene rings is 1. The highest BCUT2D eigenvalue weighted by Crippen LogP contribution is 2.31. The van der Waals surface area contributed by atoms with Crippen molar-refractivity contribution in [2.75, 3.05) is 13.1 Å². The van der Waals surface area contributed by atoms with E-state index >= 15 is 0 Å². The summed E-state index contributed by atoms with van der Waals surface area (Å²) in [5.41, 5.74) is -1.86. The van der Waals surface area contributed by atoms with Crippen LogP contribution in [0, 0.1) is 0 Å². The molecule has 2 amide bonds. The van der Waals surface area contributed by atoms with Crippen LogP contribution in [0.4, 0.5) is 22.4 Å². The first-order valence-electron chi connectivity index (χ1n) is 12.7. The number of ether oxygens (including phenoxy) is 2. The minimum absolute atomic E-state index is 0.0188. The molecule has 2 heterocycles. The fourth-order valence-electron chi connectivity index (χ4n) is 3.26. The number of aliphatic hydroxyl groups excluding tert-OH is 1. The second-order valence-electron chi connectivity index (χ2n) is 8.98. The van der Waals surface area contributed by atoms with Gasteiger partial charge in [0.05, 0.1) is 6.54 Å². The molecule has 2 N–H and O–H groups in total. The van der Waals surface area contributed by atoms with E-state index in [0.717, 1.165) is 11.0 Å². The van der Waals surface area contributed by atoms with E-state index in [9.17, 15) is 32.3 Å². The molecule has 2 atom stereocenters. The summed E-state index contributed by atoms with van der Waals surface area (Å²) in [6.45, 7) is 12.2. The van der Waals surface area contributed by atoms with Gasteiger partial charge in [-0.1, -0.05) is 33.8 Å². The maximum atomic E-state index is 13.6. The minimum atomic E-state index is -4.78. The number of alkyl carbamates (subject to hydrolysis) is 1. The predicted octanol–water partition coefficient (Wildman–Crippen LogP) is 6.12. The molecule has 3 rings (SSSR count). The number of halogens is 4. The molecular formula is C27H37F4N3O5. The number of rotatable bonds is 5. The molecule has 12 heteroatoms. The number of aromatic nitrogens is 1. The summed E-state index contributed by atoms with van der Waals surface area (Å²) in [7, 11) is 0. The van der Waals surface area contributed by atoms with Crippen molar-refractivity contribution in [2.24, 2.45) is 0 Å². The molecule has 0 bridgehead atoms. The highest BCUT2D eigenvalue weighted by Gasteiger charge is 2.35. The number of alkyl halides is 4. The number of nitrogens with zero attached hydrogens (tertiary/aromatic N) is 2. The summed E-state index contributed by atoms with van der Waals surface area (Å²) in [4.78, 5) is 29.1. The molecule has 0 spiro atoms. The smallest absolute Gasteiger partial charge is 0.433 e. The van der Waals surface area contributed by atoms with Crippen LogP contribution in [0.2, 0.25) is 0 Å². The van der Waals surface area contributed by atoms with E-state index in [1.807, 2.05) is 27.7 Å². The number of hydrogen-bond donors (Lipinski definition) is 2. The zero-order valence-electron chi connectivity index (χ0n) is 23.2. The van der Waals surface area contributed by atoms with Crippen molar-refractivity contribution >= 4 is 12.0 Å². The van der Waals surface area contributed by atoms with Gasteiger partial charge in [-0.3, -0.25) is 4.79 Å². The third-order valence-electron chi connectivity index (χ3n) is 4.80. The van der Waals surface area contributed by atoms with E-state index in [-0.39, 0.29) is 36.5 Å². The zero-order chi connectivity index (χ0) is 30.0. The van der Waals surface area contributed by atoms with E-state index in [2.05, 4.69) is 10.3 Å². The second-order valence-corrected chi connectivity index (χ2v) is 8.98. The van der Waals surface area contributed by atoms with Crippen molar-refractivity contribution in [1.82, 2.24) is 15.2 Å². The molecule has 39 heavy (non-hydrogen) atoms. The molecule has 2 aromatic rings. The van der Waals surface area contributed by atoms with Crippen molar-refractivity contribution < 1.29 is 41.7 Å². The van der Waals surface area contributed by atoms with Gasteiger partial charge in [0, 0.05) is 24.7 Å². The van der Waals surface area contributed by atoms with E-state index in [1.54, 1.807) is 20.8 Å². The summed E-state index contributed by atoms with van der Waals surface area (Å²) in [6, 6.07) is 7.56. The normalized spacial score (nSPS) is 16.8. The van der Waals surface area contributed by atoms with Gasteiger partial charge < -0.3 is 24.8 Å². The van der Waals surface area contributed by atoms with Crippen LogP contribution in [0.1, 0.15) is 70.1 Å². The van der Waals surface area contributed by atoms with E-state index in [0.29, 0.717) is 0 Å². The Hall–Kier alpha value is -3.41. The number of likely N-dealkylation sites (tertiary alicyclic amines) is 1. The van der Waals surface area contributed by atoms with Crippen LogP contribution < -0.4 is 10.1 Å². The molecular weight excluding hydrogens is 522 g/mol. The van der Waals surface area contributed by atoms with Gasteiger partial charge in [-0.2, -0.15) is 13.2 Å². The Morgan fingerprint density at radius 1 is 1.08 bits per heavy atom. The van der Waals surface area contributed by atoms with Gasteiger partial charge in [0.15, 0.2) is 0 Å². The number of carbonyl (C=O) groups is 2. The second kappa shape index (κ2) is 14.7. The average molecular weight is 560 g/mol. The fourth-order valence-corrected chi connectivity index (χ4v) is 3.26. The number of carbonyl (C=O) groups excluding carboxylic acids is 2. The van der Waals surface area contributed by atoms with Gasteiger partial charge in [0.1, 0.15) is 29.3 Å². The Bertz CT molecular complexity index is 1080. The van der Waals surface area contributed by atoms with Crippen LogP contribution >= 0.6 is 0 Å². The summed E-state index contributed by atoms with van der Waals surface area (Å²) < 4.78 is 64.3. The SMILES string of the molecule is CC.CC.CC(C)(C)OC(=O)NCc1cc(Oc2cccc(C(=O)N3CC(O)C(F)C3)c2)nc(C(F)(F)F)c1. The number of amides is 2. The molecule has 1 saturated heterocycles.